The van der Waals surface area contributed by atoms with Crippen molar-refractivity contribution < 1.29 is 112 Å². The fraction of sp³-hybridized carbons (Fsp3) is 0.523. The fourth-order valence-electron chi connectivity index (χ4n) is 16.3. The van der Waals surface area contributed by atoms with E-state index in [0.29, 0.717) is 64.2 Å². The van der Waals surface area contributed by atoms with Crippen LogP contribution in [0.2, 0.25) is 0 Å². The molecule has 134 heavy (non-hydrogen) atoms. The summed E-state index contributed by atoms with van der Waals surface area (Å²) in [5.74, 6) is -20.3. The number of quaternary nitrogens is 1. The number of nitrogens with one attached hydrogen (secondary N) is 14. The van der Waals surface area contributed by atoms with Crippen molar-refractivity contribution in [3.05, 3.63) is 125 Å². The summed E-state index contributed by atoms with van der Waals surface area (Å²) in [4.78, 5) is 264. The van der Waals surface area contributed by atoms with E-state index in [1.807, 2.05) is 13.8 Å². The monoisotopic (exact) mass is 1890 g/mol. The van der Waals surface area contributed by atoms with E-state index in [4.69, 9.17) is 11.5 Å². The number of aliphatic hydroxyl groups excluding tert-OH is 2. The summed E-state index contributed by atoms with van der Waals surface area (Å²) in [6, 6.07) is 0.407. The van der Waals surface area contributed by atoms with E-state index in [0.717, 1.165) is 36.3 Å². The minimum Gasteiger partial charge on any atom is -0.611 e. The number of nitrogens with zero attached hydrogens (tertiary/aromatic N) is 6. The van der Waals surface area contributed by atoms with Gasteiger partial charge in [0.15, 0.2) is 6.17 Å². The number of phenols is 1. The van der Waals surface area contributed by atoms with Gasteiger partial charge in [-0.05, 0) is 92.9 Å². The summed E-state index contributed by atoms with van der Waals surface area (Å²) in [6.45, 7) is 1.44. The van der Waals surface area contributed by atoms with Gasteiger partial charge in [-0.3, -0.25) is 86.7 Å². The molecule has 3 unspecified atom stereocenters. The van der Waals surface area contributed by atoms with Crippen molar-refractivity contribution in [3.63, 3.8) is 0 Å². The Morgan fingerprint density at radius 1 is 0.597 bits per heavy atom. The number of amides is 15. The Labute approximate surface area is 775 Å². The molecule has 16 atom stereocenters. The summed E-state index contributed by atoms with van der Waals surface area (Å²) in [6.07, 6.45) is 0.118. The molecule has 0 saturated carbocycles. The second-order valence-corrected chi connectivity index (χ2v) is 34.7. The Balaban J connectivity index is 1.07. The predicted molar refractivity (Wildman–Crippen MR) is 484 cm³/mol. The maximum atomic E-state index is 15.7. The second-order valence-electron chi connectivity index (χ2n) is 33.7. The number of imidazole rings is 1. The molecule has 0 spiro atoms. The number of aromatic nitrogens is 4. The third-order valence-corrected chi connectivity index (χ3v) is 25.1. The quantitative estimate of drug-likeness (QED) is 0.0240. The highest BCUT2D eigenvalue weighted by atomic mass is 32.2. The molecule has 45 nitrogen and oxygen atoms in total. The maximum absolute atomic E-state index is 15.7. The number of para-hydroxylation sites is 2. The molecule has 3 aromatic carbocycles. The molecule has 3 aromatic heterocycles. The highest BCUT2D eigenvalue weighted by molar-refractivity contribution is 8.00. The number of nitrogens with two attached hydrogens (primary N) is 2. The van der Waals surface area contributed by atoms with Gasteiger partial charge < -0.3 is 130 Å². The zero-order chi connectivity index (χ0) is 97.7. The molecule has 0 aliphatic carbocycles. The smallest absolute Gasteiger partial charge is 0.308 e. The first-order valence-electron chi connectivity index (χ1n) is 44.5. The molecule has 9 rings (SSSR count). The average Bonchev–Trinajstić information content (AvgIpc) is 1.61. The second kappa shape index (κ2) is 50.1. The van der Waals surface area contributed by atoms with Gasteiger partial charge in [-0.2, -0.15) is 5.43 Å². The van der Waals surface area contributed by atoms with Gasteiger partial charge in [0.25, 0.3) is 0 Å². The number of likely N-dealkylation sites (N-methyl/N-ethyl adjacent to an activating group) is 3. The van der Waals surface area contributed by atoms with Crippen LogP contribution in [0, 0.1) is 11.1 Å². The van der Waals surface area contributed by atoms with Crippen LogP contribution in [-0.4, -0.2) is 327 Å². The number of carbonyl (C=O) groups excluding carboxylic acids is 15. The van der Waals surface area contributed by atoms with Gasteiger partial charge in [-0.15, -0.1) is 11.8 Å². The number of aromatic hydroxyl groups is 1. The SMILES string of the molecule is CCCC[C@H]1C(=O)N(C)[C@@H](CCCC)C(=O)N[C@@H](CCN)C(=O)N[C@H]([NH+]([O-])NCC(N)=O)CSCC(=O)N[C@@H](Cc2ccc(O)cc2)C(=O)N(C)[C@@H](C)C(=O)NCC(C(=O)O)CC(=O)N2CCC[C@H]2C(=O)N[C@@H](Cc2cnc[nH]2)C(=O)NC(CCC(=O)O)C(=O)N2C[C@H](O)C[C@H]2C(=O)N[C@@H](Cc2c[nH]c3ccccc23)C(=O)N[C@@H](CO)C(=O)N[C@@H](Cc2c[nH]c3ccccc23)C(=O)N1C. The van der Waals surface area contributed by atoms with E-state index in [2.05, 4.69) is 73.2 Å². The molecule has 3 fully saturated rings. The lowest BCUT2D eigenvalue weighted by Gasteiger charge is -2.36. The van der Waals surface area contributed by atoms with E-state index < -0.39 is 260 Å². The average molecular weight is 1890 g/mol. The van der Waals surface area contributed by atoms with Crippen LogP contribution in [0.5, 0.6) is 5.75 Å². The first kappa shape index (κ1) is 105. The first-order valence-corrected chi connectivity index (χ1v) is 45.6. The molecule has 23 N–H and O–H groups in total. The van der Waals surface area contributed by atoms with Crippen molar-refractivity contribution in [1.82, 2.24) is 97.7 Å². The van der Waals surface area contributed by atoms with E-state index in [-0.39, 0.29) is 82.3 Å². The number of hydrogen-bond donors (Lipinski definition) is 21. The number of benzene rings is 3. The first-order chi connectivity index (χ1) is 63.9. The van der Waals surface area contributed by atoms with Crippen molar-refractivity contribution in [3.8, 4) is 5.75 Å². The number of unbranched alkanes of at least 4 members (excludes halogenated alkanes) is 2. The number of rotatable bonds is 25. The summed E-state index contributed by atoms with van der Waals surface area (Å²) < 4.78 is 0. The molecular weight excluding hydrogens is 1770 g/mol. The summed E-state index contributed by atoms with van der Waals surface area (Å²) in [5.41, 5.74) is 16.6. The Morgan fingerprint density at radius 2 is 1.15 bits per heavy atom. The molecule has 3 aliphatic rings. The number of thioether (sulfide) groups is 1. The molecule has 15 amide bonds. The van der Waals surface area contributed by atoms with E-state index in [1.54, 1.807) is 60.9 Å². The Hall–Kier alpha value is -13.2. The number of fused-ring (bicyclic) bond motifs is 4. The largest absolute Gasteiger partial charge is 0.611 e. The molecule has 3 aliphatic heterocycles. The van der Waals surface area contributed by atoms with Crippen LogP contribution < -0.4 is 69.9 Å². The standard InChI is InChI=1S/C88H122N22O23S/c1-7-9-20-67-81(124)98-60(29-30-89)77(120)104-72(110(133)96-42-71(90)114)45-134-46-73(115)97-64(32-49-23-25-54(112)26-24-49)84(127)105(4)48(3)76(119)94-40-52(88(131)132)35-74(116)108-31-15-22-68(108)82(125)101-63(36-53-41-91-47-95-53)79(122)99-61(27-28-75(117)118)86(129)109-43-55(113)37-70(109)83(126)100-62(33-50-38-92-58-18-13-11-16-56(50)58)78(121)103-66(44-111)80(123)102-65(34-51-39-93-59-19-14-12-17-57(51)59)85(128)107(6)69(21-10-8-2)87(130)106(67)5/h11-14,16-19,23-26,38-39,41,47-48,52,55,60-70,72,92-93,96,110-113H,7-10,15,20-22,27-37,40,42-46,89H2,1-6H3,(H2,90,114)(H,91,95)(H,94,119)(H,97,115)(H,98,124)(H,99,122)(H,100,126)(H,101,125)(H,102,123)(H,103,121)(H,104,120)(H,117,118)(H,131,132)/t48-,52?,55+,60-,61?,62-,63-,64-,65-,66-,67-,68-,69-,70-,72+/m0/s1. The highest BCUT2D eigenvalue weighted by Crippen LogP contribution is 2.28. The summed E-state index contributed by atoms with van der Waals surface area (Å²) >= 11 is 0.765. The number of aromatic amines is 3. The molecule has 46 heteroatoms. The zero-order valence-corrected chi connectivity index (χ0v) is 76.2. The molecule has 6 aromatic rings. The van der Waals surface area contributed by atoms with Gasteiger partial charge in [0.05, 0.1) is 36.5 Å². The van der Waals surface area contributed by atoms with Crippen LogP contribution in [0.25, 0.3) is 21.8 Å². The normalized spacial score (nSPS) is 25.3. The van der Waals surface area contributed by atoms with Crippen molar-refractivity contribution in [2.75, 3.05) is 72.0 Å². The third kappa shape index (κ3) is 28.7. The van der Waals surface area contributed by atoms with Gasteiger partial charge in [-0.1, -0.05) is 88.1 Å². The van der Waals surface area contributed by atoms with Crippen LogP contribution >= 0.6 is 11.8 Å². The van der Waals surface area contributed by atoms with Crippen molar-refractivity contribution >= 4 is 134 Å². The lowest BCUT2D eigenvalue weighted by molar-refractivity contribution is -0.920. The molecule has 0 bridgehead atoms. The van der Waals surface area contributed by atoms with Gasteiger partial charge in [0.1, 0.15) is 84.8 Å². The van der Waals surface area contributed by atoms with Gasteiger partial charge in [0.2, 0.25) is 88.6 Å². The minimum atomic E-state index is -1.93. The number of aliphatic hydroxyl groups is 2. The predicted octanol–water partition coefficient (Wildman–Crippen LogP) is -4.45. The number of aliphatic carboxylic acids is 2. The number of primary amides is 1. The maximum Gasteiger partial charge on any atom is 0.308 e. The van der Waals surface area contributed by atoms with Crippen LogP contribution in [-0.2, 0) is 107 Å². The number of hydroxylamine groups is 1. The molecular formula is C88H122N22O23S. The number of hydrogen-bond acceptors (Lipinski definition) is 25. The van der Waals surface area contributed by atoms with Gasteiger partial charge in [-0.25, -0.2) is 4.98 Å². The minimum absolute atomic E-state index is 0.0149. The Bertz CT molecular complexity index is 5140. The van der Waals surface area contributed by atoms with Gasteiger partial charge >= 0.3 is 11.9 Å². The molecule has 0 radical (unpaired) electrons. The summed E-state index contributed by atoms with van der Waals surface area (Å²) in [5, 5.41) is 90.9. The number of H-pyrrole nitrogens is 3. The fourth-order valence-corrected chi connectivity index (χ4v) is 17.2. The Kier molecular flexibility index (Phi) is 39.1. The van der Waals surface area contributed by atoms with Crippen LogP contribution in [0.4, 0.5) is 0 Å². The third-order valence-electron chi connectivity index (χ3n) is 24.0. The summed E-state index contributed by atoms with van der Waals surface area (Å²) in [7, 11) is 3.88. The van der Waals surface area contributed by atoms with Crippen LogP contribution in [0.3, 0.4) is 0 Å². The number of carbonyl (C=O) groups is 17. The number of phenolic OH excluding ortho intramolecular Hbond substituents is 1. The van der Waals surface area contributed by atoms with E-state index in [9.17, 15) is 78.7 Å². The number of carboxylic acid groups (broad SMARTS) is 2. The number of carboxylic acids is 2. The Morgan fingerprint density at radius 3 is 1.75 bits per heavy atom. The van der Waals surface area contributed by atoms with Gasteiger partial charge in [0, 0.05) is 132 Å². The van der Waals surface area contributed by atoms with Crippen LogP contribution in [0.15, 0.2) is 97.7 Å². The lowest BCUT2D eigenvalue weighted by Crippen LogP contribution is -3.20. The zero-order valence-electron chi connectivity index (χ0n) is 75.4. The van der Waals surface area contributed by atoms with E-state index in [1.165, 1.54) is 64.9 Å². The van der Waals surface area contributed by atoms with E-state index >= 15 is 33.6 Å². The molecule has 6 heterocycles. The highest BCUT2D eigenvalue weighted by Gasteiger charge is 2.46. The van der Waals surface area contributed by atoms with Crippen molar-refractivity contribution in [2.45, 2.75) is 215 Å². The topological polar surface area (TPSA) is 668 Å². The molecule has 728 valence electrons. The molecule has 3 saturated heterocycles. The van der Waals surface area contributed by atoms with Crippen LogP contribution in [0.1, 0.15) is 127 Å². The lowest BCUT2D eigenvalue weighted by atomic mass is 10.00. The van der Waals surface area contributed by atoms with Crippen molar-refractivity contribution in [1.29, 1.82) is 0 Å². The van der Waals surface area contributed by atoms with Crippen molar-refractivity contribution in [2.24, 2.45) is 17.4 Å².